The molecule has 0 amide bonds. The Morgan fingerprint density at radius 3 is 1.48 bits per heavy atom. The van der Waals surface area contributed by atoms with Crippen LogP contribution in [0.3, 0.4) is 0 Å². The van der Waals surface area contributed by atoms with Gasteiger partial charge in [0.1, 0.15) is 11.2 Å². The van der Waals surface area contributed by atoms with Crippen molar-refractivity contribution < 1.29 is 4.42 Å². The highest BCUT2D eigenvalue weighted by molar-refractivity contribution is 6.14. The molecule has 0 unspecified atom stereocenters. The number of rotatable bonds is 9. The molecule has 3 nitrogen and oxygen atoms in total. The molecule has 0 aliphatic rings. The van der Waals surface area contributed by atoms with Crippen LogP contribution in [-0.4, -0.2) is 4.57 Å². The monoisotopic (exact) mass is 880 g/mol. The van der Waals surface area contributed by atoms with Crippen molar-refractivity contribution in [2.75, 3.05) is 4.90 Å². The minimum absolute atomic E-state index is 0.875. The van der Waals surface area contributed by atoms with Crippen LogP contribution < -0.4 is 4.90 Å². The van der Waals surface area contributed by atoms with Gasteiger partial charge in [-0.2, -0.15) is 0 Å². The van der Waals surface area contributed by atoms with Gasteiger partial charge in [-0.15, -0.1) is 0 Å². The second-order valence-electron chi connectivity index (χ2n) is 17.7. The molecule has 0 saturated carbocycles. The third-order valence-electron chi connectivity index (χ3n) is 13.6. The number of hydrogen-bond acceptors (Lipinski definition) is 2. The van der Waals surface area contributed by atoms with Gasteiger partial charge in [-0.25, -0.2) is 0 Å². The van der Waals surface area contributed by atoms with E-state index in [9.17, 15) is 0 Å². The van der Waals surface area contributed by atoms with Crippen LogP contribution in [0.25, 0.3) is 105 Å². The Labute approximate surface area is 401 Å². The number of anilines is 3. The van der Waals surface area contributed by atoms with Crippen molar-refractivity contribution >= 4 is 60.8 Å². The Kier molecular flexibility index (Phi) is 9.84. The summed E-state index contributed by atoms with van der Waals surface area (Å²) in [6, 6.07) is 96.1. The average molecular weight is 881 g/mol. The second kappa shape index (κ2) is 16.9. The molecule has 0 N–H and O–H groups in total. The van der Waals surface area contributed by atoms with Gasteiger partial charge in [0.2, 0.25) is 0 Å². The molecule has 3 heteroatoms. The number of aromatic nitrogens is 1. The Morgan fingerprint density at radius 1 is 0.290 bits per heavy atom. The molecule has 324 valence electrons. The molecule has 0 atom stereocenters. The zero-order valence-corrected chi connectivity index (χ0v) is 37.7. The van der Waals surface area contributed by atoms with Crippen LogP contribution in [0, 0.1) is 0 Å². The number of para-hydroxylation sites is 4. The van der Waals surface area contributed by atoms with E-state index in [2.05, 4.69) is 270 Å². The van der Waals surface area contributed by atoms with E-state index in [-0.39, 0.29) is 0 Å². The number of nitrogens with zero attached hydrogens (tertiary/aromatic N) is 2. The molecule has 13 aromatic rings. The van der Waals surface area contributed by atoms with Crippen LogP contribution >= 0.6 is 0 Å². The zero-order chi connectivity index (χ0) is 45.7. The molecule has 0 spiro atoms. The van der Waals surface area contributed by atoms with Gasteiger partial charge in [-0.05, 0) is 129 Å². The number of fused-ring (bicyclic) bond motifs is 6. The van der Waals surface area contributed by atoms with Crippen LogP contribution in [0.2, 0.25) is 0 Å². The quantitative estimate of drug-likeness (QED) is 0.144. The molecule has 11 aromatic carbocycles. The third-order valence-corrected chi connectivity index (χ3v) is 13.6. The third kappa shape index (κ3) is 7.16. The Bertz CT molecular complexity index is 3970. The summed E-state index contributed by atoms with van der Waals surface area (Å²) in [6.07, 6.45) is 0. The van der Waals surface area contributed by atoms with Gasteiger partial charge in [-0.1, -0.05) is 188 Å². The van der Waals surface area contributed by atoms with Gasteiger partial charge >= 0.3 is 0 Å². The van der Waals surface area contributed by atoms with E-state index in [1.165, 1.54) is 44.1 Å². The van der Waals surface area contributed by atoms with Gasteiger partial charge in [0.25, 0.3) is 0 Å². The summed E-state index contributed by atoms with van der Waals surface area (Å²) in [5.41, 5.74) is 20.1. The van der Waals surface area contributed by atoms with Gasteiger partial charge in [-0.3, -0.25) is 0 Å². The summed E-state index contributed by atoms with van der Waals surface area (Å²) in [7, 11) is 0. The first kappa shape index (κ1) is 40.1. The molecule has 2 aromatic heterocycles. The van der Waals surface area contributed by atoms with E-state index >= 15 is 0 Å². The Balaban J connectivity index is 0.911. The van der Waals surface area contributed by atoms with E-state index in [1.807, 2.05) is 6.07 Å². The minimum Gasteiger partial charge on any atom is -0.456 e. The van der Waals surface area contributed by atoms with E-state index in [0.717, 1.165) is 78.1 Å². The molecular formula is C66H44N2O. The summed E-state index contributed by atoms with van der Waals surface area (Å²) in [6.45, 7) is 0. The van der Waals surface area contributed by atoms with Crippen LogP contribution in [-0.2, 0) is 0 Å². The van der Waals surface area contributed by atoms with Crippen LogP contribution in [0.15, 0.2) is 271 Å². The highest BCUT2D eigenvalue weighted by Crippen LogP contribution is 2.46. The fourth-order valence-corrected chi connectivity index (χ4v) is 10.4. The topological polar surface area (TPSA) is 21.3 Å². The lowest BCUT2D eigenvalue weighted by atomic mass is 9.96. The highest BCUT2D eigenvalue weighted by atomic mass is 16.3. The van der Waals surface area contributed by atoms with Crippen molar-refractivity contribution in [2.24, 2.45) is 0 Å². The van der Waals surface area contributed by atoms with Crippen molar-refractivity contribution in [2.45, 2.75) is 0 Å². The fourth-order valence-electron chi connectivity index (χ4n) is 10.4. The average Bonchev–Trinajstić information content (AvgIpc) is 3.98. The van der Waals surface area contributed by atoms with Crippen molar-refractivity contribution in [3.05, 3.63) is 267 Å². The maximum Gasteiger partial charge on any atom is 0.136 e. The summed E-state index contributed by atoms with van der Waals surface area (Å²) in [4.78, 5) is 2.40. The minimum atomic E-state index is 0.875. The summed E-state index contributed by atoms with van der Waals surface area (Å²) in [5.74, 6) is 0. The molecule has 0 saturated heterocycles. The zero-order valence-electron chi connectivity index (χ0n) is 37.7. The van der Waals surface area contributed by atoms with Crippen molar-refractivity contribution in [3.63, 3.8) is 0 Å². The van der Waals surface area contributed by atoms with Crippen molar-refractivity contribution in [1.29, 1.82) is 0 Å². The lowest BCUT2D eigenvalue weighted by Gasteiger charge is -2.28. The first-order valence-electron chi connectivity index (χ1n) is 23.6. The Hall–Kier alpha value is -9.18. The molecule has 2 heterocycles. The standard InChI is InChI=1S/C66H44N2O/c1-2-17-45(18-3-1)47-19-12-21-49(41-47)51-23-14-25-54(43-51)67(61-32-8-6-29-58(61)59-31-16-36-65-66(59)60-30-7-11-35-64(60)69-65)53-39-37-46(38-40-53)48-20-13-22-50(42-48)52-24-15-26-55(44-52)68-62-33-9-4-27-56(62)57-28-5-10-34-63(57)68/h1-44H. The highest BCUT2D eigenvalue weighted by Gasteiger charge is 2.21. The predicted octanol–water partition coefficient (Wildman–Crippen LogP) is 18.5. The second-order valence-corrected chi connectivity index (χ2v) is 17.7. The van der Waals surface area contributed by atoms with Crippen molar-refractivity contribution in [1.82, 2.24) is 4.57 Å². The lowest BCUT2D eigenvalue weighted by Crippen LogP contribution is -2.11. The van der Waals surface area contributed by atoms with Gasteiger partial charge in [0, 0.05) is 44.2 Å². The van der Waals surface area contributed by atoms with Crippen molar-refractivity contribution in [3.8, 4) is 61.3 Å². The molecule has 0 aliphatic carbocycles. The molecular weight excluding hydrogens is 837 g/mol. The van der Waals surface area contributed by atoms with Gasteiger partial charge in [0.15, 0.2) is 0 Å². The first-order chi connectivity index (χ1) is 34.2. The van der Waals surface area contributed by atoms with E-state index < -0.39 is 0 Å². The summed E-state index contributed by atoms with van der Waals surface area (Å²) in [5, 5.41) is 4.74. The van der Waals surface area contributed by atoms with E-state index in [4.69, 9.17) is 4.42 Å². The first-order valence-corrected chi connectivity index (χ1v) is 23.6. The summed E-state index contributed by atoms with van der Waals surface area (Å²) < 4.78 is 8.81. The molecule has 0 aliphatic heterocycles. The van der Waals surface area contributed by atoms with E-state index in [1.54, 1.807) is 0 Å². The van der Waals surface area contributed by atoms with Crippen LogP contribution in [0.1, 0.15) is 0 Å². The van der Waals surface area contributed by atoms with E-state index in [0.29, 0.717) is 0 Å². The van der Waals surface area contributed by atoms with Gasteiger partial charge in [0.05, 0.1) is 16.7 Å². The Morgan fingerprint density at radius 2 is 0.768 bits per heavy atom. The smallest absolute Gasteiger partial charge is 0.136 e. The molecule has 13 rings (SSSR count). The molecule has 0 radical (unpaired) electrons. The number of hydrogen-bond donors (Lipinski definition) is 0. The van der Waals surface area contributed by atoms with Crippen LogP contribution in [0.5, 0.6) is 0 Å². The summed E-state index contributed by atoms with van der Waals surface area (Å²) >= 11 is 0. The molecule has 0 fully saturated rings. The maximum absolute atomic E-state index is 6.42. The molecule has 0 bridgehead atoms. The SMILES string of the molecule is c1ccc(-c2cccc(-c3cccc(N(c4ccc(-c5cccc(-c6cccc(-n7c8ccccc8c8ccccc87)c6)c5)cc4)c4ccccc4-c4cccc5oc6ccccc6c45)c3)c2)cc1. The van der Waals surface area contributed by atoms with Gasteiger partial charge < -0.3 is 13.9 Å². The normalized spacial score (nSPS) is 11.5. The lowest BCUT2D eigenvalue weighted by molar-refractivity contribution is 0.669. The molecule has 69 heavy (non-hydrogen) atoms. The van der Waals surface area contributed by atoms with Crippen LogP contribution in [0.4, 0.5) is 17.1 Å². The maximum atomic E-state index is 6.42. The largest absolute Gasteiger partial charge is 0.456 e. The number of benzene rings is 11. The predicted molar refractivity (Wildman–Crippen MR) is 290 cm³/mol. The fraction of sp³-hybridized carbons (Fsp3) is 0. The number of furan rings is 1.